The number of hydrogen-bond acceptors (Lipinski definition) is 4. The molecule has 0 aromatic rings. The van der Waals surface area contributed by atoms with E-state index in [9.17, 15) is 4.79 Å². The van der Waals surface area contributed by atoms with E-state index in [1.165, 1.54) is 0 Å². The largest absolute Gasteiger partial charge is 0.506 e. The minimum absolute atomic E-state index is 0.145. The fourth-order valence-corrected chi connectivity index (χ4v) is 1.67. The maximum Gasteiger partial charge on any atom is 0.506 e. The molecule has 0 bridgehead atoms. The van der Waals surface area contributed by atoms with Crippen LogP contribution in [-0.2, 0) is 4.74 Å². The lowest BCUT2D eigenvalue weighted by Gasteiger charge is -2.27. The molecule has 3 atom stereocenters. The van der Waals surface area contributed by atoms with Gasteiger partial charge in [-0.1, -0.05) is 0 Å². The molecule has 0 aliphatic heterocycles. The smallest absolute Gasteiger partial charge is 0.450 e. The minimum atomic E-state index is -1.36. The highest BCUT2D eigenvalue weighted by Gasteiger charge is 2.33. The molecule has 0 aromatic heterocycles. The maximum atomic E-state index is 10.3. The summed E-state index contributed by atoms with van der Waals surface area (Å²) >= 11 is 0. The monoisotopic (exact) mass is 194 g/mol. The van der Waals surface area contributed by atoms with Crippen molar-refractivity contribution in [3.63, 3.8) is 0 Å². The van der Waals surface area contributed by atoms with E-state index in [-0.39, 0.29) is 5.92 Å². The molecule has 0 saturated heterocycles. The van der Waals surface area contributed by atoms with E-state index in [2.05, 4.69) is 10.8 Å². The van der Waals surface area contributed by atoms with E-state index < -0.39 is 18.2 Å². The van der Waals surface area contributed by atoms with Gasteiger partial charge in [0.1, 0.15) is 6.10 Å². The minimum Gasteiger partial charge on any atom is -0.450 e. The first kappa shape index (κ1) is 10.3. The van der Waals surface area contributed by atoms with Crippen molar-refractivity contribution >= 4 is 6.16 Å². The van der Waals surface area contributed by atoms with Crippen LogP contribution in [0, 0.1) is 34.5 Å². The highest BCUT2D eigenvalue weighted by Crippen LogP contribution is 2.30. The summed E-state index contributed by atoms with van der Waals surface area (Å²) in [5, 5.41) is 25.8. The van der Waals surface area contributed by atoms with E-state index in [0.717, 1.165) is 0 Å². The van der Waals surface area contributed by atoms with E-state index >= 15 is 0 Å². The highest BCUT2D eigenvalue weighted by molar-refractivity contribution is 5.57. The van der Waals surface area contributed by atoms with Crippen molar-refractivity contribution in [3.05, 3.63) is 0 Å². The van der Waals surface area contributed by atoms with Crippen molar-refractivity contribution < 1.29 is 14.6 Å². The van der Waals surface area contributed by atoms with Crippen LogP contribution in [-0.4, -0.2) is 17.4 Å². The Morgan fingerprint density at radius 2 is 2.07 bits per heavy atom. The summed E-state index contributed by atoms with van der Waals surface area (Å²) in [6, 6.07) is 4.07. The fraction of sp³-hybridized carbons (Fsp3) is 0.667. The molecule has 5 nitrogen and oxygen atoms in total. The molecule has 0 aromatic carbocycles. The molecule has 1 saturated carbocycles. The van der Waals surface area contributed by atoms with Crippen LogP contribution >= 0.6 is 0 Å². The van der Waals surface area contributed by atoms with Crippen LogP contribution in [0.5, 0.6) is 0 Å². The molecule has 0 radical (unpaired) electrons. The van der Waals surface area contributed by atoms with Crippen molar-refractivity contribution in [1.82, 2.24) is 0 Å². The first-order chi connectivity index (χ1) is 6.67. The van der Waals surface area contributed by atoms with E-state index in [4.69, 9.17) is 15.6 Å². The Labute approximate surface area is 81.5 Å². The van der Waals surface area contributed by atoms with Gasteiger partial charge in [0.05, 0.1) is 18.1 Å². The van der Waals surface area contributed by atoms with Gasteiger partial charge in [-0.15, -0.1) is 0 Å². The van der Waals surface area contributed by atoms with Gasteiger partial charge in [0.2, 0.25) is 0 Å². The number of carbonyl (C=O) groups is 1. The van der Waals surface area contributed by atoms with Crippen LogP contribution in [0.3, 0.4) is 0 Å². The second-order valence-electron chi connectivity index (χ2n) is 3.30. The quantitative estimate of drug-likeness (QED) is 0.638. The van der Waals surface area contributed by atoms with Crippen molar-refractivity contribution in [1.29, 1.82) is 10.5 Å². The van der Waals surface area contributed by atoms with Gasteiger partial charge in [-0.3, -0.25) is 0 Å². The second-order valence-corrected chi connectivity index (χ2v) is 3.30. The van der Waals surface area contributed by atoms with Crippen LogP contribution in [0.15, 0.2) is 0 Å². The molecular formula is C9H10N2O3. The number of rotatable bonds is 1. The summed E-state index contributed by atoms with van der Waals surface area (Å²) < 4.78 is 4.57. The van der Waals surface area contributed by atoms with Gasteiger partial charge >= 0.3 is 6.16 Å². The lowest BCUT2D eigenvalue weighted by Crippen LogP contribution is -2.31. The highest BCUT2D eigenvalue weighted by atomic mass is 16.7. The van der Waals surface area contributed by atoms with E-state index in [0.29, 0.717) is 19.3 Å². The van der Waals surface area contributed by atoms with Crippen LogP contribution < -0.4 is 0 Å². The molecule has 1 N–H and O–H groups in total. The maximum absolute atomic E-state index is 10.3. The Hall–Kier alpha value is -1.75. The third-order valence-electron chi connectivity index (χ3n) is 2.39. The van der Waals surface area contributed by atoms with Gasteiger partial charge in [-0.2, -0.15) is 10.5 Å². The predicted octanol–water partition coefficient (Wildman–Crippen LogP) is 1.51. The molecule has 0 heterocycles. The molecule has 5 heteroatoms. The summed E-state index contributed by atoms with van der Waals surface area (Å²) in [4.78, 5) is 10.3. The van der Waals surface area contributed by atoms with Gasteiger partial charge in [0.15, 0.2) is 0 Å². The molecule has 1 fully saturated rings. The first-order valence-electron chi connectivity index (χ1n) is 4.36. The molecule has 1 rings (SSSR count). The third-order valence-corrected chi connectivity index (χ3v) is 2.39. The zero-order valence-corrected chi connectivity index (χ0v) is 7.51. The van der Waals surface area contributed by atoms with Gasteiger partial charge in [-0.05, 0) is 19.3 Å². The van der Waals surface area contributed by atoms with Crippen LogP contribution in [0.2, 0.25) is 0 Å². The Morgan fingerprint density at radius 1 is 1.36 bits per heavy atom. The Kier molecular flexibility index (Phi) is 3.30. The van der Waals surface area contributed by atoms with Crippen molar-refractivity contribution in [2.24, 2.45) is 11.8 Å². The Balaban J connectivity index is 2.59. The third kappa shape index (κ3) is 2.37. The van der Waals surface area contributed by atoms with Crippen LogP contribution in [0.1, 0.15) is 19.3 Å². The summed E-state index contributed by atoms with van der Waals surface area (Å²) in [6.07, 6.45) is -0.451. The average molecular weight is 194 g/mol. The Bertz CT molecular complexity index is 302. The van der Waals surface area contributed by atoms with E-state index in [1.54, 1.807) is 0 Å². The van der Waals surface area contributed by atoms with Gasteiger partial charge in [-0.25, -0.2) is 4.79 Å². The molecule has 14 heavy (non-hydrogen) atoms. The van der Waals surface area contributed by atoms with E-state index in [1.807, 2.05) is 6.07 Å². The lowest BCUT2D eigenvalue weighted by molar-refractivity contribution is 0.0147. The van der Waals surface area contributed by atoms with Crippen molar-refractivity contribution in [3.8, 4) is 12.1 Å². The van der Waals surface area contributed by atoms with Crippen LogP contribution in [0.25, 0.3) is 0 Å². The molecule has 1 aliphatic rings. The zero-order valence-electron chi connectivity index (χ0n) is 7.51. The molecular weight excluding hydrogens is 184 g/mol. The summed E-state index contributed by atoms with van der Waals surface area (Å²) in [5.41, 5.74) is 0. The van der Waals surface area contributed by atoms with Crippen molar-refractivity contribution in [2.75, 3.05) is 0 Å². The summed E-state index contributed by atoms with van der Waals surface area (Å²) in [7, 11) is 0. The van der Waals surface area contributed by atoms with Gasteiger partial charge < -0.3 is 9.84 Å². The van der Waals surface area contributed by atoms with Gasteiger partial charge in [0, 0.05) is 5.92 Å². The number of nitrogens with zero attached hydrogens (tertiary/aromatic N) is 2. The zero-order chi connectivity index (χ0) is 10.6. The van der Waals surface area contributed by atoms with Crippen LogP contribution in [0.4, 0.5) is 4.79 Å². The molecule has 3 unspecified atom stereocenters. The number of carboxylic acid groups (broad SMARTS) is 1. The molecule has 74 valence electrons. The summed E-state index contributed by atoms with van der Waals surface area (Å²) in [6.45, 7) is 0. The normalized spacial score (nSPS) is 31.1. The molecule has 1 aliphatic carbocycles. The number of nitriles is 2. The first-order valence-corrected chi connectivity index (χ1v) is 4.36. The molecule has 0 spiro atoms. The fourth-order valence-electron chi connectivity index (χ4n) is 1.67. The molecule has 0 amide bonds. The predicted molar refractivity (Wildman–Crippen MR) is 45.0 cm³/mol. The SMILES string of the molecule is N#CC1CCC(OC(=O)O)C(C#N)C1. The summed E-state index contributed by atoms with van der Waals surface area (Å²) in [5.74, 6) is -0.627. The second kappa shape index (κ2) is 4.48. The van der Waals surface area contributed by atoms with Crippen molar-refractivity contribution in [2.45, 2.75) is 25.4 Å². The Morgan fingerprint density at radius 3 is 2.57 bits per heavy atom. The standard InChI is InChI=1S/C9H10N2O3/c10-4-6-1-2-8(14-9(12)13)7(3-6)5-11/h6-8H,1-3H2,(H,12,13). The number of ether oxygens (including phenoxy) is 1. The lowest BCUT2D eigenvalue weighted by atomic mass is 9.81. The number of hydrogen-bond donors (Lipinski definition) is 1. The average Bonchev–Trinajstić information content (AvgIpc) is 2.17. The topological polar surface area (TPSA) is 94.1 Å². The van der Waals surface area contributed by atoms with Gasteiger partial charge in [0.25, 0.3) is 0 Å².